The van der Waals surface area contributed by atoms with Gasteiger partial charge in [-0.15, -0.1) is 0 Å². The summed E-state index contributed by atoms with van der Waals surface area (Å²) in [6, 6.07) is 6.22. The lowest BCUT2D eigenvalue weighted by molar-refractivity contribution is -0.122. The Morgan fingerprint density at radius 3 is 2.84 bits per heavy atom. The molecule has 0 saturated heterocycles. The van der Waals surface area contributed by atoms with Crippen LogP contribution in [0.15, 0.2) is 24.3 Å². The maximum absolute atomic E-state index is 11.4. The monoisotopic (exact) mass is 265 g/mol. The molecule has 0 aliphatic rings. The Balaban J connectivity index is 2.26. The van der Waals surface area contributed by atoms with Crippen molar-refractivity contribution in [1.29, 1.82) is 0 Å². The number of urea groups is 1. The second-order valence-corrected chi connectivity index (χ2v) is 4.02. The van der Waals surface area contributed by atoms with Crippen LogP contribution in [0.3, 0.4) is 0 Å². The minimum absolute atomic E-state index is 0.231. The van der Waals surface area contributed by atoms with Crippen molar-refractivity contribution in [3.63, 3.8) is 0 Å². The van der Waals surface area contributed by atoms with Crippen LogP contribution < -0.4 is 21.1 Å². The number of carbonyl (C=O) groups excluding carboxylic acids is 2. The highest BCUT2D eigenvalue weighted by molar-refractivity contribution is 5.94. The third-order valence-corrected chi connectivity index (χ3v) is 2.30. The van der Waals surface area contributed by atoms with Crippen LogP contribution in [0.2, 0.25) is 0 Å². The molecule has 19 heavy (non-hydrogen) atoms. The number of unbranched alkanes of at least 4 members (excludes halogenated alkanes) is 1. The summed E-state index contributed by atoms with van der Waals surface area (Å²) in [5, 5.41) is 4.75. The Labute approximate surface area is 112 Å². The molecule has 1 aromatic rings. The van der Waals surface area contributed by atoms with Crippen LogP contribution >= 0.6 is 0 Å². The Morgan fingerprint density at radius 1 is 1.37 bits per heavy atom. The van der Waals surface area contributed by atoms with Gasteiger partial charge in [0.15, 0.2) is 6.61 Å². The first-order valence-corrected chi connectivity index (χ1v) is 6.18. The number of amides is 3. The lowest BCUT2D eigenvalue weighted by atomic mass is 10.3. The molecule has 0 fully saturated rings. The predicted molar refractivity (Wildman–Crippen MR) is 72.8 cm³/mol. The Bertz CT molecular complexity index is 435. The largest absolute Gasteiger partial charge is 0.484 e. The molecule has 0 aliphatic carbocycles. The van der Waals surface area contributed by atoms with Crippen molar-refractivity contribution in [3.05, 3.63) is 24.3 Å². The molecule has 6 heteroatoms. The van der Waals surface area contributed by atoms with Crippen LogP contribution in [0.25, 0.3) is 0 Å². The van der Waals surface area contributed by atoms with Gasteiger partial charge in [-0.3, -0.25) is 10.1 Å². The van der Waals surface area contributed by atoms with Crippen LogP contribution in [0.5, 0.6) is 5.75 Å². The van der Waals surface area contributed by atoms with Gasteiger partial charge in [-0.2, -0.15) is 0 Å². The van der Waals surface area contributed by atoms with Crippen molar-refractivity contribution >= 4 is 17.6 Å². The molecular weight excluding hydrogens is 246 g/mol. The number of anilines is 1. The molecule has 1 aromatic carbocycles. The SMILES string of the molecule is CCCCNC(=O)NC(=O)COc1cccc(N)c1. The average Bonchev–Trinajstić information content (AvgIpc) is 2.37. The summed E-state index contributed by atoms with van der Waals surface area (Å²) in [7, 11) is 0. The van der Waals surface area contributed by atoms with E-state index in [4.69, 9.17) is 10.5 Å². The smallest absolute Gasteiger partial charge is 0.321 e. The Morgan fingerprint density at radius 2 is 2.16 bits per heavy atom. The van der Waals surface area contributed by atoms with E-state index in [0.717, 1.165) is 12.8 Å². The number of hydrogen-bond donors (Lipinski definition) is 3. The number of benzene rings is 1. The van der Waals surface area contributed by atoms with E-state index >= 15 is 0 Å². The summed E-state index contributed by atoms with van der Waals surface area (Å²) in [6.07, 6.45) is 1.86. The van der Waals surface area contributed by atoms with Crippen molar-refractivity contribution in [2.24, 2.45) is 0 Å². The quantitative estimate of drug-likeness (QED) is 0.533. The van der Waals surface area contributed by atoms with Gasteiger partial charge in [-0.25, -0.2) is 4.79 Å². The number of carbonyl (C=O) groups is 2. The number of rotatable bonds is 6. The van der Waals surface area contributed by atoms with Crippen LogP contribution in [-0.4, -0.2) is 25.1 Å². The molecule has 0 aromatic heterocycles. The van der Waals surface area contributed by atoms with Gasteiger partial charge in [0.25, 0.3) is 5.91 Å². The number of hydrogen-bond acceptors (Lipinski definition) is 4. The minimum Gasteiger partial charge on any atom is -0.484 e. The molecule has 0 saturated carbocycles. The summed E-state index contributed by atoms with van der Waals surface area (Å²) in [5.41, 5.74) is 6.12. The van der Waals surface area contributed by atoms with Gasteiger partial charge < -0.3 is 15.8 Å². The third kappa shape index (κ3) is 6.30. The van der Waals surface area contributed by atoms with Crippen molar-refractivity contribution in [2.45, 2.75) is 19.8 Å². The molecule has 0 radical (unpaired) electrons. The maximum Gasteiger partial charge on any atom is 0.321 e. The zero-order chi connectivity index (χ0) is 14.1. The number of imide groups is 1. The fourth-order valence-electron chi connectivity index (χ4n) is 1.34. The molecule has 0 unspecified atom stereocenters. The van der Waals surface area contributed by atoms with Crippen LogP contribution in [0, 0.1) is 0 Å². The first-order valence-electron chi connectivity index (χ1n) is 6.18. The summed E-state index contributed by atoms with van der Waals surface area (Å²) < 4.78 is 5.20. The van der Waals surface area contributed by atoms with E-state index < -0.39 is 11.9 Å². The highest BCUT2D eigenvalue weighted by Gasteiger charge is 2.07. The number of ether oxygens (including phenoxy) is 1. The highest BCUT2D eigenvalue weighted by atomic mass is 16.5. The lowest BCUT2D eigenvalue weighted by Gasteiger charge is -2.08. The summed E-state index contributed by atoms with van der Waals surface area (Å²) in [5.74, 6) is -0.0158. The summed E-state index contributed by atoms with van der Waals surface area (Å²) >= 11 is 0. The van der Waals surface area contributed by atoms with E-state index in [2.05, 4.69) is 10.6 Å². The molecule has 104 valence electrons. The van der Waals surface area contributed by atoms with Crippen molar-refractivity contribution in [2.75, 3.05) is 18.9 Å². The van der Waals surface area contributed by atoms with Crippen LogP contribution in [-0.2, 0) is 4.79 Å². The maximum atomic E-state index is 11.4. The standard InChI is InChI=1S/C13H19N3O3/c1-2-3-7-15-13(18)16-12(17)9-19-11-6-4-5-10(14)8-11/h4-6,8H,2-3,7,9,14H2,1H3,(H2,15,16,17,18). The van der Waals surface area contributed by atoms with E-state index in [-0.39, 0.29) is 6.61 Å². The van der Waals surface area contributed by atoms with Crippen molar-refractivity contribution in [1.82, 2.24) is 10.6 Å². The molecule has 0 spiro atoms. The highest BCUT2D eigenvalue weighted by Crippen LogP contribution is 2.13. The van der Waals surface area contributed by atoms with Gasteiger partial charge in [-0.1, -0.05) is 19.4 Å². The van der Waals surface area contributed by atoms with Gasteiger partial charge in [-0.05, 0) is 18.6 Å². The van der Waals surface area contributed by atoms with Gasteiger partial charge in [0.1, 0.15) is 5.75 Å². The van der Waals surface area contributed by atoms with Crippen LogP contribution in [0.4, 0.5) is 10.5 Å². The zero-order valence-corrected chi connectivity index (χ0v) is 10.9. The van der Waals surface area contributed by atoms with Crippen molar-refractivity contribution < 1.29 is 14.3 Å². The summed E-state index contributed by atoms with van der Waals surface area (Å²) in [6.45, 7) is 2.33. The van der Waals surface area contributed by atoms with E-state index in [9.17, 15) is 9.59 Å². The minimum atomic E-state index is -0.505. The molecule has 0 aliphatic heterocycles. The first kappa shape index (κ1) is 14.8. The topological polar surface area (TPSA) is 93.5 Å². The Kier molecular flexibility index (Phi) is 6.21. The number of nitrogen functional groups attached to an aromatic ring is 1. The number of nitrogens with one attached hydrogen (secondary N) is 2. The van der Waals surface area contributed by atoms with E-state index in [1.54, 1.807) is 24.3 Å². The van der Waals surface area contributed by atoms with Crippen molar-refractivity contribution in [3.8, 4) is 5.75 Å². The molecule has 0 atom stereocenters. The molecule has 4 N–H and O–H groups in total. The lowest BCUT2D eigenvalue weighted by Crippen LogP contribution is -2.41. The number of nitrogens with two attached hydrogens (primary N) is 1. The van der Waals surface area contributed by atoms with Gasteiger partial charge >= 0.3 is 6.03 Å². The first-order chi connectivity index (χ1) is 9.11. The average molecular weight is 265 g/mol. The zero-order valence-electron chi connectivity index (χ0n) is 10.9. The van der Waals surface area contributed by atoms with Gasteiger partial charge in [0.05, 0.1) is 0 Å². The molecular formula is C13H19N3O3. The molecule has 0 heterocycles. The fraction of sp³-hybridized carbons (Fsp3) is 0.385. The second-order valence-electron chi connectivity index (χ2n) is 4.02. The Hall–Kier alpha value is -2.24. The van der Waals surface area contributed by atoms with E-state index in [0.29, 0.717) is 18.0 Å². The van der Waals surface area contributed by atoms with E-state index in [1.807, 2.05) is 6.92 Å². The molecule has 0 bridgehead atoms. The van der Waals surface area contributed by atoms with E-state index in [1.165, 1.54) is 0 Å². The summed E-state index contributed by atoms with van der Waals surface area (Å²) in [4.78, 5) is 22.7. The fourth-order valence-corrected chi connectivity index (χ4v) is 1.34. The normalized spacial score (nSPS) is 9.74. The molecule has 1 rings (SSSR count). The third-order valence-electron chi connectivity index (χ3n) is 2.30. The molecule has 3 amide bonds. The van der Waals surface area contributed by atoms with Crippen LogP contribution in [0.1, 0.15) is 19.8 Å². The predicted octanol–water partition coefficient (Wildman–Crippen LogP) is 1.27. The second kappa shape index (κ2) is 7.97. The van der Waals surface area contributed by atoms with Gasteiger partial charge in [0, 0.05) is 18.3 Å². The van der Waals surface area contributed by atoms with Gasteiger partial charge in [0.2, 0.25) is 0 Å². The molecule has 6 nitrogen and oxygen atoms in total.